The summed E-state index contributed by atoms with van der Waals surface area (Å²) in [6, 6.07) is 11.9. The Hall–Kier alpha value is -2.82. The molecule has 124 valence electrons. The van der Waals surface area contributed by atoms with Gasteiger partial charge in [0.1, 0.15) is 5.75 Å². The van der Waals surface area contributed by atoms with E-state index in [4.69, 9.17) is 9.47 Å². The van der Waals surface area contributed by atoms with Gasteiger partial charge in [0.25, 0.3) is 0 Å². The van der Waals surface area contributed by atoms with E-state index >= 15 is 0 Å². The maximum atomic E-state index is 12.0. The largest absolute Gasteiger partial charge is 0.476 e. The minimum Gasteiger partial charge on any atom is -0.476 e. The highest BCUT2D eigenvalue weighted by molar-refractivity contribution is 5.86. The lowest BCUT2D eigenvalue weighted by atomic mass is 10.1. The number of rotatable bonds is 5. The average Bonchev–Trinajstić information content (AvgIpc) is 3.08. The third-order valence-electron chi connectivity index (χ3n) is 3.74. The number of imidazole rings is 1. The number of ether oxygens (including phenoxy) is 2. The number of hydrogen-bond donors (Lipinski definition) is 0. The monoisotopic (exact) mass is 324 g/mol. The van der Waals surface area contributed by atoms with Crippen LogP contribution in [-0.4, -0.2) is 27.7 Å². The highest BCUT2D eigenvalue weighted by Gasteiger charge is 2.31. The number of carbonyl (C=O) groups is 1. The molecule has 0 saturated carbocycles. The summed E-state index contributed by atoms with van der Waals surface area (Å²) in [6.07, 6.45) is 5.39. The molecular formula is C19H20N2O3. The lowest BCUT2D eigenvalue weighted by Gasteiger charge is -2.24. The Morgan fingerprint density at radius 3 is 2.67 bits per heavy atom. The molecule has 0 N–H and O–H groups in total. The fourth-order valence-electron chi connectivity index (χ4n) is 2.49. The Morgan fingerprint density at radius 1 is 1.17 bits per heavy atom. The molecule has 0 unspecified atom stereocenters. The van der Waals surface area contributed by atoms with Gasteiger partial charge in [-0.25, -0.2) is 9.78 Å². The van der Waals surface area contributed by atoms with Gasteiger partial charge in [-0.2, -0.15) is 0 Å². The molecule has 0 amide bonds. The molecule has 24 heavy (non-hydrogen) atoms. The van der Waals surface area contributed by atoms with E-state index in [1.165, 1.54) is 0 Å². The Labute approximate surface area is 140 Å². The van der Waals surface area contributed by atoms with Crippen LogP contribution in [0.3, 0.4) is 0 Å². The Kier molecular flexibility index (Phi) is 4.25. The molecule has 0 bridgehead atoms. The molecule has 0 spiro atoms. The van der Waals surface area contributed by atoms with Gasteiger partial charge in [0.05, 0.1) is 12.9 Å². The summed E-state index contributed by atoms with van der Waals surface area (Å²) in [5, 5.41) is 2.12. The normalized spacial score (nSPS) is 11.5. The highest BCUT2D eigenvalue weighted by atomic mass is 16.6. The van der Waals surface area contributed by atoms with Crippen LogP contribution in [0.2, 0.25) is 0 Å². The zero-order valence-electron chi connectivity index (χ0n) is 14.0. The second-order valence-electron chi connectivity index (χ2n) is 6.00. The summed E-state index contributed by atoms with van der Waals surface area (Å²) >= 11 is 0. The standard InChI is InChI=1S/C19H20N2O3/c1-4-23-18(22)19(2,3)24-17-8-6-14-5-7-16(11-15(14)12-17)21-10-9-20-13-21/h5-13H,4H2,1-3H3. The third kappa shape index (κ3) is 3.25. The minimum atomic E-state index is -1.04. The first-order chi connectivity index (χ1) is 11.5. The van der Waals surface area contributed by atoms with Crippen LogP contribution in [0.1, 0.15) is 20.8 Å². The van der Waals surface area contributed by atoms with Crippen LogP contribution in [0.5, 0.6) is 5.75 Å². The SMILES string of the molecule is CCOC(=O)C(C)(C)Oc1ccc2ccc(-n3ccnc3)cc2c1. The van der Waals surface area contributed by atoms with Crippen molar-refractivity contribution in [3.8, 4) is 11.4 Å². The first kappa shape index (κ1) is 16.1. The lowest BCUT2D eigenvalue weighted by Crippen LogP contribution is -2.39. The van der Waals surface area contributed by atoms with E-state index in [0.717, 1.165) is 16.5 Å². The van der Waals surface area contributed by atoms with Crippen molar-refractivity contribution in [1.82, 2.24) is 9.55 Å². The van der Waals surface area contributed by atoms with E-state index in [9.17, 15) is 4.79 Å². The second-order valence-corrected chi connectivity index (χ2v) is 6.00. The molecule has 0 aliphatic carbocycles. The zero-order valence-corrected chi connectivity index (χ0v) is 14.0. The van der Waals surface area contributed by atoms with Gasteiger partial charge in [-0.1, -0.05) is 12.1 Å². The molecule has 0 aliphatic rings. The van der Waals surface area contributed by atoms with E-state index in [0.29, 0.717) is 12.4 Å². The molecule has 3 aromatic rings. The van der Waals surface area contributed by atoms with Gasteiger partial charge >= 0.3 is 5.97 Å². The summed E-state index contributed by atoms with van der Waals surface area (Å²) in [5.41, 5.74) is -0.0205. The highest BCUT2D eigenvalue weighted by Crippen LogP contribution is 2.26. The summed E-state index contributed by atoms with van der Waals surface area (Å²) in [4.78, 5) is 16.1. The molecule has 0 fully saturated rings. The van der Waals surface area contributed by atoms with E-state index in [-0.39, 0.29) is 5.97 Å². The second kappa shape index (κ2) is 6.35. The van der Waals surface area contributed by atoms with Gasteiger partial charge in [0.15, 0.2) is 5.60 Å². The van der Waals surface area contributed by atoms with Gasteiger partial charge in [0, 0.05) is 18.1 Å². The van der Waals surface area contributed by atoms with Gasteiger partial charge in [-0.15, -0.1) is 0 Å². The molecule has 1 heterocycles. The van der Waals surface area contributed by atoms with Crippen molar-refractivity contribution in [2.45, 2.75) is 26.4 Å². The molecule has 0 atom stereocenters. The van der Waals surface area contributed by atoms with E-state index in [1.807, 2.05) is 41.1 Å². The molecule has 3 rings (SSSR count). The van der Waals surface area contributed by atoms with Crippen molar-refractivity contribution >= 4 is 16.7 Å². The van der Waals surface area contributed by atoms with Crippen molar-refractivity contribution < 1.29 is 14.3 Å². The molecule has 2 aromatic carbocycles. The number of fused-ring (bicyclic) bond motifs is 1. The Bertz CT molecular complexity index is 854. The third-order valence-corrected chi connectivity index (χ3v) is 3.74. The van der Waals surface area contributed by atoms with Crippen molar-refractivity contribution in [3.05, 3.63) is 55.1 Å². The number of carbonyl (C=O) groups excluding carboxylic acids is 1. The van der Waals surface area contributed by atoms with Crippen molar-refractivity contribution in [2.24, 2.45) is 0 Å². The molecule has 5 nitrogen and oxygen atoms in total. The topological polar surface area (TPSA) is 53.4 Å². The Balaban J connectivity index is 1.91. The number of benzene rings is 2. The Morgan fingerprint density at radius 2 is 1.96 bits per heavy atom. The van der Waals surface area contributed by atoms with Crippen molar-refractivity contribution in [3.63, 3.8) is 0 Å². The van der Waals surface area contributed by atoms with Crippen LogP contribution in [0, 0.1) is 0 Å². The summed E-state index contributed by atoms with van der Waals surface area (Å²) in [6.45, 7) is 5.52. The van der Waals surface area contributed by atoms with Crippen LogP contribution in [0.25, 0.3) is 16.5 Å². The van der Waals surface area contributed by atoms with E-state index in [2.05, 4.69) is 11.1 Å². The van der Waals surface area contributed by atoms with Crippen LogP contribution < -0.4 is 4.74 Å². The maximum Gasteiger partial charge on any atom is 0.349 e. The van der Waals surface area contributed by atoms with Crippen LogP contribution >= 0.6 is 0 Å². The average molecular weight is 324 g/mol. The predicted octanol–water partition coefficient (Wildman–Crippen LogP) is 3.75. The number of nitrogens with zero attached hydrogens (tertiary/aromatic N) is 2. The van der Waals surface area contributed by atoms with Crippen LogP contribution in [0.15, 0.2) is 55.1 Å². The molecular weight excluding hydrogens is 304 g/mol. The van der Waals surface area contributed by atoms with Crippen molar-refractivity contribution in [2.75, 3.05) is 6.61 Å². The molecule has 1 aromatic heterocycles. The van der Waals surface area contributed by atoms with Crippen molar-refractivity contribution in [1.29, 1.82) is 0 Å². The lowest BCUT2D eigenvalue weighted by molar-refractivity contribution is -0.158. The maximum absolute atomic E-state index is 12.0. The number of esters is 1. The van der Waals surface area contributed by atoms with E-state index < -0.39 is 5.60 Å². The fraction of sp³-hybridized carbons (Fsp3) is 0.263. The fourth-order valence-corrected chi connectivity index (χ4v) is 2.49. The molecule has 5 heteroatoms. The number of hydrogen-bond acceptors (Lipinski definition) is 4. The first-order valence-corrected chi connectivity index (χ1v) is 7.88. The van der Waals surface area contributed by atoms with Gasteiger partial charge in [0.2, 0.25) is 0 Å². The summed E-state index contributed by atoms with van der Waals surface area (Å²) in [7, 11) is 0. The molecule has 0 saturated heterocycles. The van der Waals surface area contributed by atoms with Gasteiger partial charge in [-0.3, -0.25) is 0 Å². The first-order valence-electron chi connectivity index (χ1n) is 7.88. The predicted molar refractivity (Wildman–Crippen MR) is 92.4 cm³/mol. The van der Waals surface area contributed by atoms with Crippen LogP contribution in [0.4, 0.5) is 0 Å². The minimum absolute atomic E-state index is 0.331. The molecule has 0 aliphatic heterocycles. The van der Waals surface area contributed by atoms with Gasteiger partial charge < -0.3 is 14.0 Å². The molecule has 0 radical (unpaired) electrons. The summed E-state index contributed by atoms with van der Waals surface area (Å²) < 4.78 is 12.9. The van der Waals surface area contributed by atoms with Gasteiger partial charge in [-0.05, 0) is 55.8 Å². The summed E-state index contributed by atoms with van der Waals surface area (Å²) in [5.74, 6) is 0.251. The zero-order chi connectivity index (χ0) is 17.2. The number of aromatic nitrogens is 2. The quantitative estimate of drug-likeness (QED) is 0.671. The smallest absolute Gasteiger partial charge is 0.349 e. The van der Waals surface area contributed by atoms with Crippen LogP contribution in [-0.2, 0) is 9.53 Å². The van der Waals surface area contributed by atoms with E-state index in [1.54, 1.807) is 33.3 Å².